The van der Waals surface area contributed by atoms with Crippen LogP contribution in [0.2, 0.25) is 0 Å². The number of nitrogens with zero attached hydrogens (tertiary/aromatic N) is 1. The highest BCUT2D eigenvalue weighted by atomic mass is 14.7. The highest BCUT2D eigenvalue weighted by Crippen LogP contribution is 2.18. The fourth-order valence-electron chi connectivity index (χ4n) is 1.31. The third-order valence-electron chi connectivity index (χ3n) is 2.19. The van der Waals surface area contributed by atoms with Gasteiger partial charge in [-0.1, -0.05) is 41.5 Å². The summed E-state index contributed by atoms with van der Waals surface area (Å²) in [6.45, 7) is 14.9. The average Bonchev–Trinajstić information content (AvgIpc) is 2.19. The highest BCUT2D eigenvalue weighted by Gasteiger charge is 2.06. The molecule has 1 rings (SSSR count). The van der Waals surface area contributed by atoms with Gasteiger partial charge in [-0.2, -0.15) is 0 Å². The fourth-order valence-corrected chi connectivity index (χ4v) is 1.31. The van der Waals surface area contributed by atoms with Gasteiger partial charge in [0, 0.05) is 11.4 Å². The van der Waals surface area contributed by atoms with Gasteiger partial charge in [-0.25, -0.2) is 0 Å². The van der Waals surface area contributed by atoms with Crippen molar-refractivity contribution in [1.29, 1.82) is 0 Å². The molecule has 0 N–H and O–H groups in total. The van der Waals surface area contributed by atoms with E-state index in [0.29, 0.717) is 11.8 Å². The summed E-state index contributed by atoms with van der Waals surface area (Å²) < 4.78 is 0. The molecule has 1 aromatic heterocycles. The van der Waals surface area contributed by atoms with Gasteiger partial charge in [0.15, 0.2) is 0 Å². The third kappa shape index (κ3) is 4.46. The molecule has 0 unspecified atom stereocenters. The number of hydrogen-bond donors (Lipinski definition) is 0. The van der Waals surface area contributed by atoms with Crippen molar-refractivity contribution >= 4 is 0 Å². The number of pyridine rings is 1. The fraction of sp³-hybridized carbons (Fsp3) is 0.643. The van der Waals surface area contributed by atoms with Crippen molar-refractivity contribution in [2.45, 2.75) is 60.3 Å². The Morgan fingerprint density at radius 2 is 1.20 bits per heavy atom. The summed E-state index contributed by atoms with van der Waals surface area (Å²) in [5, 5.41) is 0. The van der Waals surface area contributed by atoms with E-state index in [1.165, 1.54) is 17.0 Å². The Labute approximate surface area is 94.9 Å². The third-order valence-corrected chi connectivity index (χ3v) is 2.19. The summed E-state index contributed by atoms with van der Waals surface area (Å²) in [5.74, 6) is 1.05. The first-order valence-electron chi connectivity index (χ1n) is 5.99. The van der Waals surface area contributed by atoms with Crippen LogP contribution in [-0.4, -0.2) is 4.98 Å². The standard InChI is InChI=1S/C12H19N.C2H6/c1-8(2)11-6-10(5)7-12(13-11)9(3)4;1-2/h6-9H,1-5H3;1-2H3. The Kier molecular flexibility index (Phi) is 6.23. The minimum Gasteiger partial charge on any atom is -0.257 e. The van der Waals surface area contributed by atoms with Crippen molar-refractivity contribution in [1.82, 2.24) is 4.98 Å². The molecule has 1 nitrogen and oxygen atoms in total. The molecule has 1 aromatic rings. The van der Waals surface area contributed by atoms with Gasteiger partial charge in [0.1, 0.15) is 0 Å². The maximum atomic E-state index is 4.63. The maximum absolute atomic E-state index is 4.63. The van der Waals surface area contributed by atoms with Crippen molar-refractivity contribution in [2.75, 3.05) is 0 Å². The van der Waals surface area contributed by atoms with Gasteiger partial charge >= 0.3 is 0 Å². The molecule has 0 amide bonds. The summed E-state index contributed by atoms with van der Waals surface area (Å²) >= 11 is 0. The summed E-state index contributed by atoms with van der Waals surface area (Å²) in [5.41, 5.74) is 3.75. The largest absolute Gasteiger partial charge is 0.257 e. The molecule has 0 aliphatic rings. The van der Waals surface area contributed by atoms with Crippen LogP contribution in [0.15, 0.2) is 12.1 Å². The molecular formula is C14H25N. The molecule has 0 fully saturated rings. The van der Waals surface area contributed by atoms with Crippen molar-refractivity contribution in [3.63, 3.8) is 0 Å². The second-order valence-corrected chi connectivity index (χ2v) is 4.30. The van der Waals surface area contributed by atoms with Gasteiger partial charge < -0.3 is 0 Å². The van der Waals surface area contributed by atoms with Crippen LogP contribution in [0, 0.1) is 6.92 Å². The molecule has 0 aliphatic heterocycles. The van der Waals surface area contributed by atoms with Crippen LogP contribution in [-0.2, 0) is 0 Å². The number of rotatable bonds is 2. The normalized spacial score (nSPS) is 10.2. The van der Waals surface area contributed by atoms with Gasteiger partial charge in [-0.15, -0.1) is 0 Å². The van der Waals surface area contributed by atoms with Gasteiger partial charge in [0.25, 0.3) is 0 Å². The second-order valence-electron chi connectivity index (χ2n) is 4.30. The molecule has 0 radical (unpaired) electrons. The molecule has 86 valence electrons. The van der Waals surface area contributed by atoms with Crippen LogP contribution < -0.4 is 0 Å². The molecule has 0 aliphatic carbocycles. The predicted molar refractivity (Wildman–Crippen MR) is 68.5 cm³/mol. The van der Waals surface area contributed by atoms with Crippen LogP contribution in [0.1, 0.15) is 70.3 Å². The van der Waals surface area contributed by atoms with Crippen molar-refractivity contribution in [3.8, 4) is 0 Å². The molecule has 0 aromatic carbocycles. The molecule has 0 bridgehead atoms. The topological polar surface area (TPSA) is 12.9 Å². The second kappa shape index (κ2) is 6.60. The molecule has 1 heterocycles. The predicted octanol–water partition coefficient (Wildman–Crippen LogP) is 4.66. The van der Waals surface area contributed by atoms with E-state index >= 15 is 0 Å². The smallest absolute Gasteiger partial charge is 0.0435 e. The zero-order chi connectivity index (χ0) is 12.0. The quantitative estimate of drug-likeness (QED) is 0.687. The minimum atomic E-state index is 0.525. The molecule has 0 saturated carbocycles. The summed E-state index contributed by atoms with van der Waals surface area (Å²) in [7, 11) is 0. The zero-order valence-electron chi connectivity index (χ0n) is 11.3. The summed E-state index contributed by atoms with van der Waals surface area (Å²) in [6.07, 6.45) is 0. The molecule has 0 saturated heterocycles. The van der Waals surface area contributed by atoms with Crippen molar-refractivity contribution in [3.05, 3.63) is 29.1 Å². The SMILES string of the molecule is CC.Cc1cc(C(C)C)nc(C(C)C)c1. The molecular weight excluding hydrogens is 182 g/mol. The zero-order valence-corrected chi connectivity index (χ0v) is 11.3. The Hall–Kier alpha value is -0.850. The first-order chi connectivity index (χ1) is 7.00. The van der Waals surface area contributed by atoms with E-state index in [2.05, 4.69) is 51.7 Å². The van der Waals surface area contributed by atoms with E-state index in [-0.39, 0.29) is 0 Å². The van der Waals surface area contributed by atoms with E-state index in [4.69, 9.17) is 0 Å². The Morgan fingerprint density at radius 1 is 0.867 bits per heavy atom. The van der Waals surface area contributed by atoms with Crippen LogP contribution in [0.3, 0.4) is 0 Å². The highest BCUT2D eigenvalue weighted by molar-refractivity contribution is 5.23. The van der Waals surface area contributed by atoms with Crippen LogP contribution in [0.5, 0.6) is 0 Å². The lowest BCUT2D eigenvalue weighted by atomic mass is 10.0. The van der Waals surface area contributed by atoms with Gasteiger partial charge in [-0.3, -0.25) is 4.98 Å². The first kappa shape index (κ1) is 14.2. The molecule has 1 heteroatoms. The van der Waals surface area contributed by atoms with E-state index in [0.717, 1.165) is 0 Å². The lowest BCUT2D eigenvalue weighted by Gasteiger charge is -2.11. The summed E-state index contributed by atoms with van der Waals surface area (Å²) in [6, 6.07) is 4.35. The van der Waals surface area contributed by atoms with Crippen LogP contribution in [0.25, 0.3) is 0 Å². The molecule has 0 spiro atoms. The lowest BCUT2D eigenvalue weighted by Crippen LogP contribution is -2.00. The van der Waals surface area contributed by atoms with E-state index in [1.807, 2.05) is 13.8 Å². The maximum Gasteiger partial charge on any atom is 0.0435 e. The minimum absolute atomic E-state index is 0.525. The van der Waals surface area contributed by atoms with Gasteiger partial charge in [0.05, 0.1) is 0 Å². The number of aromatic nitrogens is 1. The molecule has 0 atom stereocenters. The Balaban J connectivity index is 0.000000921. The van der Waals surface area contributed by atoms with Crippen LogP contribution in [0.4, 0.5) is 0 Å². The van der Waals surface area contributed by atoms with Crippen molar-refractivity contribution in [2.24, 2.45) is 0 Å². The van der Waals surface area contributed by atoms with E-state index < -0.39 is 0 Å². The Bertz CT molecular complexity index is 261. The van der Waals surface area contributed by atoms with Gasteiger partial charge in [0.2, 0.25) is 0 Å². The average molecular weight is 207 g/mol. The van der Waals surface area contributed by atoms with Crippen molar-refractivity contribution < 1.29 is 0 Å². The van der Waals surface area contributed by atoms with E-state index in [9.17, 15) is 0 Å². The number of aryl methyl sites for hydroxylation is 1. The Morgan fingerprint density at radius 3 is 1.47 bits per heavy atom. The van der Waals surface area contributed by atoms with E-state index in [1.54, 1.807) is 0 Å². The monoisotopic (exact) mass is 207 g/mol. The lowest BCUT2D eigenvalue weighted by molar-refractivity contribution is 0.762. The van der Waals surface area contributed by atoms with Gasteiger partial charge in [-0.05, 0) is 36.5 Å². The molecule has 15 heavy (non-hydrogen) atoms. The number of hydrogen-bond acceptors (Lipinski definition) is 1. The van der Waals surface area contributed by atoms with Crippen LogP contribution >= 0.6 is 0 Å². The summed E-state index contributed by atoms with van der Waals surface area (Å²) in [4.78, 5) is 4.63. The first-order valence-corrected chi connectivity index (χ1v) is 5.99.